The summed E-state index contributed by atoms with van der Waals surface area (Å²) in [5.41, 5.74) is 1.75. The van der Waals surface area contributed by atoms with Crippen LogP contribution in [0.25, 0.3) is 0 Å². The number of amides is 1. The molecule has 0 atom stereocenters. The Morgan fingerprint density at radius 3 is 2.62 bits per heavy atom. The first-order chi connectivity index (χ1) is 11.7. The molecule has 3 nitrogen and oxygen atoms in total. The normalized spacial score (nSPS) is 10.5. The number of hydrogen-bond acceptors (Lipinski definition) is 3. The lowest BCUT2D eigenvalue weighted by atomic mass is 10.2. The molecule has 1 amide bonds. The van der Waals surface area contributed by atoms with Crippen molar-refractivity contribution in [1.29, 1.82) is 0 Å². The molecule has 5 heteroatoms. The lowest BCUT2D eigenvalue weighted by Crippen LogP contribution is -2.30. The number of hydrogen-bond donors (Lipinski definition) is 1. The minimum atomic E-state index is -0.112. The van der Waals surface area contributed by atoms with E-state index in [0.717, 1.165) is 24.4 Å². The molecule has 0 unspecified atom stereocenters. The predicted octanol–water partition coefficient (Wildman–Crippen LogP) is 4.71. The number of thioether (sulfide) groups is 1. The monoisotopic (exact) mass is 362 g/mol. The van der Waals surface area contributed by atoms with E-state index in [2.05, 4.69) is 29.3 Å². The first-order valence-corrected chi connectivity index (χ1v) is 9.67. The molecule has 0 saturated heterocycles. The second-order valence-corrected chi connectivity index (χ2v) is 6.66. The fourth-order valence-corrected chi connectivity index (χ4v) is 3.12. The summed E-state index contributed by atoms with van der Waals surface area (Å²) < 4.78 is 0. The van der Waals surface area contributed by atoms with Gasteiger partial charge in [0.05, 0.1) is 10.6 Å². The van der Waals surface area contributed by atoms with Crippen molar-refractivity contribution >= 4 is 35.0 Å². The summed E-state index contributed by atoms with van der Waals surface area (Å²) in [6.07, 6.45) is 2.86. The number of carbonyl (C=O) groups excluding carboxylic acids is 1. The van der Waals surface area contributed by atoms with Crippen LogP contribution in [0.3, 0.4) is 0 Å². The highest BCUT2D eigenvalue weighted by molar-refractivity contribution is 7.98. The molecule has 2 rings (SSSR count). The molecule has 0 spiro atoms. The fraction of sp³-hybridized carbons (Fsp3) is 0.316. The molecule has 1 N–H and O–H groups in total. The van der Waals surface area contributed by atoms with Crippen molar-refractivity contribution in [3.63, 3.8) is 0 Å². The van der Waals surface area contributed by atoms with Gasteiger partial charge in [-0.1, -0.05) is 29.8 Å². The second kappa shape index (κ2) is 9.60. The number of benzene rings is 2. The van der Waals surface area contributed by atoms with E-state index in [1.54, 1.807) is 17.8 Å². The predicted molar refractivity (Wildman–Crippen MR) is 105 cm³/mol. The highest BCUT2D eigenvalue weighted by Crippen LogP contribution is 2.22. The molecule has 0 bridgehead atoms. The van der Waals surface area contributed by atoms with Crippen LogP contribution >= 0.6 is 23.4 Å². The average Bonchev–Trinajstić information content (AvgIpc) is 2.62. The van der Waals surface area contributed by atoms with Crippen molar-refractivity contribution in [2.75, 3.05) is 30.8 Å². The van der Waals surface area contributed by atoms with Crippen LogP contribution in [0.5, 0.6) is 0 Å². The van der Waals surface area contributed by atoms with Crippen LogP contribution in [0, 0.1) is 0 Å². The standard InChI is InChI=1S/C19H23ClN2OS/c1-3-22(15-8-5-4-6-9-15)13-7-12-21-19(23)17-14-16(24-2)10-11-18(17)20/h4-6,8-11,14H,3,7,12-13H2,1-2H3,(H,21,23). The number of rotatable bonds is 8. The first-order valence-electron chi connectivity index (χ1n) is 8.07. The van der Waals surface area contributed by atoms with Gasteiger partial charge < -0.3 is 10.2 Å². The van der Waals surface area contributed by atoms with Crippen molar-refractivity contribution in [2.24, 2.45) is 0 Å². The Morgan fingerprint density at radius 2 is 1.96 bits per heavy atom. The molecule has 0 aliphatic rings. The van der Waals surface area contributed by atoms with Gasteiger partial charge in [-0.15, -0.1) is 11.8 Å². The molecule has 2 aromatic rings. The van der Waals surface area contributed by atoms with Crippen LogP contribution in [0.4, 0.5) is 5.69 Å². The Kier molecular flexibility index (Phi) is 7.47. The quantitative estimate of drug-likeness (QED) is 0.545. The van der Waals surface area contributed by atoms with Gasteiger partial charge in [0, 0.05) is 30.2 Å². The van der Waals surface area contributed by atoms with E-state index >= 15 is 0 Å². The zero-order chi connectivity index (χ0) is 17.4. The Bertz CT molecular complexity index is 664. The van der Waals surface area contributed by atoms with E-state index < -0.39 is 0 Å². The summed E-state index contributed by atoms with van der Waals surface area (Å²) in [5, 5.41) is 3.45. The fourth-order valence-electron chi connectivity index (χ4n) is 2.48. The zero-order valence-corrected chi connectivity index (χ0v) is 15.7. The molecule has 24 heavy (non-hydrogen) atoms. The van der Waals surface area contributed by atoms with Crippen LogP contribution in [0.1, 0.15) is 23.7 Å². The minimum Gasteiger partial charge on any atom is -0.372 e. The number of halogens is 1. The van der Waals surface area contributed by atoms with E-state index in [4.69, 9.17) is 11.6 Å². The molecule has 0 aliphatic heterocycles. The number of nitrogens with one attached hydrogen (secondary N) is 1. The third-order valence-electron chi connectivity index (χ3n) is 3.81. The van der Waals surface area contributed by atoms with Gasteiger partial charge in [0.15, 0.2) is 0 Å². The van der Waals surface area contributed by atoms with E-state index in [-0.39, 0.29) is 5.91 Å². The number of para-hydroxylation sites is 1. The van der Waals surface area contributed by atoms with Crippen LogP contribution in [0.15, 0.2) is 53.4 Å². The van der Waals surface area contributed by atoms with Crippen LogP contribution in [-0.2, 0) is 0 Å². The van der Waals surface area contributed by atoms with Gasteiger partial charge in [0.1, 0.15) is 0 Å². The van der Waals surface area contributed by atoms with Gasteiger partial charge >= 0.3 is 0 Å². The molecular formula is C19H23ClN2OS. The van der Waals surface area contributed by atoms with Crippen LogP contribution < -0.4 is 10.2 Å². The molecule has 0 aliphatic carbocycles. The number of anilines is 1. The van der Waals surface area contributed by atoms with Gasteiger partial charge in [0.2, 0.25) is 0 Å². The van der Waals surface area contributed by atoms with Gasteiger partial charge in [-0.05, 0) is 49.9 Å². The van der Waals surface area contributed by atoms with Crippen molar-refractivity contribution in [1.82, 2.24) is 5.32 Å². The average molecular weight is 363 g/mol. The highest BCUT2D eigenvalue weighted by atomic mass is 35.5. The Hall–Kier alpha value is -1.65. The highest BCUT2D eigenvalue weighted by Gasteiger charge is 2.11. The SMILES string of the molecule is CCN(CCCNC(=O)c1cc(SC)ccc1Cl)c1ccccc1. The molecule has 0 saturated carbocycles. The second-order valence-electron chi connectivity index (χ2n) is 5.37. The maximum atomic E-state index is 12.3. The zero-order valence-electron chi connectivity index (χ0n) is 14.1. The molecular weight excluding hydrogens is 340 g/mol. The van der Waals surface area contributed by atoms with Crippen molar-refractivity contribution in [3.8, 4) is 0 Å². The van der Waals surface area contributed by atoms with Crippen LogP contribution in [0.2, 0.25) is 5.02 Å². The lowest BCUT2D eigenvalue weighted by Gasteiger charge is -2.23. The maximum Gasteiger partial charge on any atom is 0.252 e. The summed E-state index contributed by atoms with van der Waals surface area (Å²) in [4.78, 5) is 15.6. The van der Waals surface area contributed by atoms with Crippen LogP contribution in [-0.4, -0.2) is 31.8 Å². The number of nitrogens with zero attached hydrogens (tertiary/aromatic N) is 1. The van der Waals surface area contributed by atoms with Gasteiger partial charge in [-0.2, -0.15) is 0 Å². The van der Waals surface area contributed by atoms with E-state index in [1.165, 1.54) is 5.69 Å². The van der Waals surface area contributed by atoms with Crippen molar-refractivity contribution < 1.29 is 4.79 Å². The molecule has 0 fully saturated rings. The lowest BCUT2D eigenvalue weighted by molar-refractivity contribution is 0.0953. The summed E-state index contributed by atoms with van der Waals surface area (Å²) in [6.45, 7) is 4.61. The minimum absolute atomic E-state index is 0.112. The summed E-state index contributed by atoms with van der Waals surface area (Å²) in [6, 6.07) is 15.8. The van der Waals surface area contributed by atoms with Gasteiger partial charge in [-0.25, -0.2) is 0 Å². The molecule has 0 aromatic heterocycles. The van der Waals surface area contributed by atoms with Gasteiger partial charge in [-0.3, -0.25) is 4.79 Å². The van der Waals surface area contributed by atoms with Gasteiger partial charge in [0.25, 0.3) is 5.91 Å². The smallest absolute Gasteiger partial charge is 0.252 e. The molecule has 128 valence electrons. The molecule has 0 heterocycles. The van der Waals surface area contributed by atoms with E-state index in [9.17, 15) is 4.79 Å². The Morgan fingerprint density at radius 1 is 1.21 bits per heavy atom. The summed E-state index contributed by atoms with van der Waals surface area (Å²) in [5.74, 6) is -0.112. The summed E-state index contributed by atoms with van der Waals surface area (Å²) in [7, 11) is 0. The largest absolute Gasteiger partial charge is 0.372 e. The van der Waals surface area contributed by atoms with Crippen molar-refractivity contribution in [2.45, 2.75) is 18.2 Å². The van der Waals surface area contributed by atoms with E-state index in [1.807, 2.05) is 36.6 Å². The van der Waals surface area contributed by atoms with E-state index in [0.29, 0.717) is 17.1 Å². The third kappa shape index (κ3) is 5.18. The van der Waals surface area contributed by atoms with Crippen molar-refractivity contribution in [3.05, 3.63) is 59.1 Å². The number of carbonyl (C=O) groups is 1. The molecule has 2 aromatic carbocycles. The summed E-state index contributed by atoms with van der Waals surface area (Å²) >= 11 is 7.73. The first kappa shape index (κ1) is 18.7. The maximum absolute atomic E-state index is 12.3. The third-order valence-corrected chi connectivity index (χ3v) is 4.87. The molecule has 0 radical (unpaired) electrons. The topological polar surface area (TPSA) is 32.3 Å². The Balaban J connectivity index is 1.84. The Labute approximate surface area is 153 Å².